The molecule has 21 heavy (non-hydrogen) atoms. The molecule has 0 fully saturated rings. The van der Waals surface area contributed by atoms with Crippen molar-refractivity contribution in [3.8, 4) is 17.2 Å². The van der Waals surface area contributed by atoms with E-state index in [1.54, 1.807) is 0 Å². The predicted molar refractivity (Wildman–Crippen MR) is 71.2 cm³/mol. The van der Waals surface area contributed by atoms with E-state index in [0.29, 0.717) is 35.8 Å². The minimum absolute atomic E-state index is 0.302. The Labute approximate surface area is 119 Å². The lowest BCUT2D eigenvalue weighted by Crippen LogP contribution is -2.08. The molecule has 2 aromatic carbocycles. The van der Waals surface area contributed by atoms with E-state index < -0.39 is 5.97 Å². The van der Waals surface area contributed by atoms with Crippen molar-refractivity contribution in [1.82, 2.24) is 0 Å². The highest BCUT2D eigenvalue weighted by molar-refractivity contribution is 5.91. The Morgan fingerprint density at radius 3 is 1.62 bits per heavy atom. The SMILES string of the molecule is O=COc1ccc(OC(=O)c2ccc(OC=O)cc2)cc1. The number of rotatable bonds is 6. The van der Waals surface area contributed by atoms with Crippen LogP contribution in [-0.4, -0.2) is 18.9 Å². The van der Waals surface area contributed by atoms with Gasteiger partial charge >= 0.3 is 5.97 Å². The molecule has 0 amide bonds. The van der Waals surface area contributed by atoms with Crippen LogP contribution in [0.25, 0.3) is 0 Å². The molecule has 0 bridgehead atoms. The standard InChI is InChI=1S/C15H10O6/c16-9-19-12-3-1-11(2-4-12)15(18)21-14-7-5-13(6-8-14)20-10-17/h1-10H. The van der Waals surface area contributed by atoms with E-state index in [1.165, 1.54) is 48.5 Å². The van der Waals surface area contributed by atoms with Crippen LogP contribution < -0.4 is 14.2 Å². The summed E-state index contributed by atoms with van der Waals surface area (Å²) >= 11 is 0. The van der Waals surface area contributed by atoms with Gasteiger partial charge in [0.05, 0.1) is 5.56 Å². The summed E-state index contributed by atoms with van der Waals surface area (Å²) < 4.78 is 14.4. The molecular weight excluding hydrogens is 276 g/mol. The first-order chi connectivity index (χ1) is 10.2. The molecule has 106 valence electrons. The van der Waals surface area contributed by atoms with Crippen LogP contribution in [0.3, 0.4) is 0 Å². The van der Waals surface area contributed by atoms with Gasteiger partial charge in [0.1, 0.15) is 17.2 Å². The Morgan fingerprint density at radius 1 is 0.714 bits per heavy atom. The summed E-state index contributed by atoms with van der Waals surface area (Å²) in [6, 6.07) is 11.9. The Hall–Kier alpha value is -3.15. The lowest BCUT2D eigenvalue weighted by Gasteiger charge is -2.05. The first-order valence-electron chi connectivity index (χ1n) is 5.86. The van der Waals surface area contributed by atoms with Gasteiger partial charge in [0, 0.05) is 0 Å². The van der Waals surface area contributed by atoms with Gasteiger partial charge < -0.3 is 14.2 Å². The number of esters is 1. The predicted octanol–water partition coefficient (Wildman–Crippen LogP) is 1.98. The van der Waals surface area contributed by atoms with Crippen LogP contribution in [0.15, 0.2) is 48.5 Å². The zero-order chi connectivity index (χ0) is 15.1. The van der Waals surface area contributed by atoms with Gasteiger partial charge in [0.15, 0.2) is 0 Å². The van der Waals surface area contributed by atoms with Crippen LogP contribution in [0.5, 0.6) is 17.2 Å². The first kappa shape index (κ1) is 14.3. The number of carbonyl (C=O) groups is 3. The molecule has 0 aliphatic rings. The second kappa shape index (κ2) is 6.85. The second-order valence-corrected chi connectivity index (χ2v) is 3.81. The van der Waals surface area contributed by atoms with Crippen LogP contribution in [0.4, 0.5) is 0 Å². The van der Waals surface area contributed by atoms with Gasteiger partial charge in [-0.05, 0) is 48.5 Å². The molecule has 6 heteroatoms. The summed E-state index contributed by atoms with van der Waals surface area (Å²) in [6.45, 7) is 0.611. The lowest BCUT2D eigenvalue weighted by molar-refractivity contribution is -0.121. The topological polar surface area (TPSA) is 78.9 Å². The van der Waals surface area contributed by atoms with Crippen molar-refractivity contribution < 1.29 is 28.6 Å². The molecule has 0 aliphatic heterocycles. The van der Waals surface area contributed by atoms with Crippen molar-refractivity contribution in [2.75, 3.05) is 0 Å². The zero-order valence-electron chi connectivity index (χ0n) is 10.7. The van der Waals surface area contributed by atoms with Crippen molar-refractivity contribution in [3.05, 3.63) is 54.1 Å². The fourth-order valence-electron chi connectivity index (χ4n) is 1.53. The smallest absolute Gasteiger partial charge is 0.343 e. The molecule has 0 saturated carbocycles. The summed E-state index contributed by atoms with van der Waals surface area (Å²) in [4.78, 5) is 32.2. The van der Waals surface area contributed by atoms with Crippen LogP contribution in [0.2, 0.25) is 0 Å². The molecule has 0 heterocycles. The Balaban J connectivity index is 2.03. The van der Waals surface area contributed by atoms with Gasteiger partial charge in [0.25, 0.3) is 12.9 Å². The number of ether oxygens (including phenoxy) is 3. The maximum Gasteiger partial charge on any atom is 0.343 e. The van der Waals surface area contributed by atoms with Gasteiger partial charge in [-0.15, -0.1) is 0 Å². The van der Waals surface area contributed by atoms with E-state index in [4.69, 9.17) is 4.74 Å². The van der Waals surface area contributed by atoms with Crippen molar-refractivity contribution in [2.24, 2.45) is 0 Å². The molecule has 0 aromatic heterocycles. The highest BCUT2D eigenvalue weighted by Crippen LogP contribution is 2.19. The fourth-order valence-corrected chi connectivity index (χ4v) is 1.53. The monoisotopic (exact) mass is 286 g/mol. The van der Waals surface area contributed by atoms with Crippen molar-refractivity contribution in [2.45, 2.75) is 0 Å². The average molecular weight is 286 g/mol. The summed E-state index contributed by atoms with van der Waals surface area (Å²) in [7, 11) is 0. The largest absolute Gasteiger partial charge is 0.429 e. The number of hydrogen-bond acceptors (Lipinski definition) is 6. The van der Waals surface area contributed by atoms with E-state index in [1.807, 2.05) is 0 Å². The Bertz CT molecular complexity index is 630. The minimum Gasteiger partial charge on any atom is -0.429 e. The van der Waals surface area contributed by atoms with Crippen LogP contribution >= 0.6 is 0 Å². The summed E-state index contributed by atoms with van der Waals surface area (Å²) in [5.74, 6) is 0.431. The molecule has 0 radical (unpaired) electrons. The van der Waals surface area contributed by atoms with Crippen molar-refractivity contribution in [1.29, 1.82) is 0 Å². The van der Waals surface area contributed by atoms with Gasteiger partial charge in [-0.1, -0.05) is 0 Å². The molecule has 0 atom stereocenters. The number of benzene rings is 2. The molecule has 0 spiro atoms. The quantitative estimate of drug-likeness (QED) is 0.459. The summed E-state index contributed by atoms with van der Waals surface area (Å²) in [5, 5.41) is 0. The van der Waals surface area contributed by atoms with Crippen LogP contribution in [-0.2, 0) is 9.59 Å². The van der Waals surface area contributed by atoms with E-state index in [9.17, 15) is 14.4 Å². The van der Waals surface area contributed by atoms with E-state index in [0.717, 1.165) is 0 Å². The number of carbonyl (C=O) groups excluding carboxylic acids is 3. The maximum atomic E-state index is 11.9. The van der Waals surface area contributed by atoms with Gasteiger partial charge in [0.2, 0.25) is 0 Å². The fraction of sp³-hybridized carbons (Fsp3) is 0. The maximum absolute atomic E-state index is 11.9. The third-order valence-corrected chi connectivity index (χ3v) is 2.49. The third kappa shape index (κ3) is 3.90. The van der Waals surface area contributed by atoms with Gasteiger partial charge in [-0.3, -0.25) is 9.59 Å². The lowest BCUT2D eigenvalue weighted by atomic mass is 10.2. The zero-order valence-corrected chi connectivity index (χ0v) is 10.7. The van der Waals surface area contributed by atoms with Crippen molar-refractivity contribution in [3.63, 3.8) is 0 Å². The molecule has 0 saturated heterocycles. The Morgan fingerprint density at radius 2 is 1.14 bits per heavy atom. The molecule has 2 rings (SSSR count). The Kier molecular flexibility index (Phi) is 4.66. The molecular formula is C15H10O6. The van der Waals surface area contributed by atoms with E-state index in [-0.39, 0.29) is 0 Å². The van der Waals surface area contributed by atoms with Crippen LogP contribution in [0, 0.1) is 0 Å². The van der Waals surface area contributed by atoms with Crippen LogP contribution in [0.1, 0.15) is 10.4 Å². The molecule has 0 N–H and O–H groups in total. The number of hydrogen-bond donors (Lipinski definition) is 0. The summed E-state index contributed by atoms with van der Waals surface area (Å²) in [5.41, 5.74) is 0.307. The van der Waals surface area contributed by atoms with E-state index in [2.05, 4.69) is 9.47 Å². The second-order valence-electron chi connectivity index (χ2n) is 3.81. The highest BCUT2D eigenvalue weighted by atomic mass is 16.5. The van der Waals surface area contributed by atoms with E-state index >= 15 is 0 Å². The van der Waals surface area contributed by atoms with Gasteiger partial charge in [-0.25, -0.2) is 4.79 Å². The highest BCUT2D eigenvalue weighted by Gasteiger charge is 2.09. The molecule has 0 unspecified atom stereocenters. The first-order valence-corrected chi connectivity index (χ1v) is 5.86. The van der Waals surface area contributed by atoms with Crippen molar-refractivity contribution >= 4 is 18.9 Å². The normalized spacial score (nSPS) is 9.52. The molecule has 6 nitrogen and oxygen atoms in total. The van der Waals surface area contributed by atoms with Gasteiger partial charge in [-0.2, -0.15) is 0 Å². The average Bonchev–Trinajstić information content (AvgIpc) is 2.50. The minimum atomic E-state index is -0.559. The molecule has 2 aromatic rings. The summed E-state index contributed by atoms with van der Waals surface area (Å²) in [6.07, 6.45) is 0. The molecule has 0 aliphatic carbocycles. The third-order valence-electron chi connectivity index (χ3n) is 2.49.